The van der Waals surface area contributed by atoms with Gasteiger partial charge in [0.15, 0.2) is 11.5 Å². The molecule has 0 atom stereocenters. The van der Waals surface area contributed by atoms with Crippen molar-refractivity contribution in [2.24, 2.45) is 0 Å². The van der Waals surface area contributed by atoms with E-state index in [1.807, 2.05) is 24.3 Å². The molecule has 0 radical (unpaired) electrons. The first kappa shape index (κ1) is 20.4. The smallest absolute Gasteiger partial charge is 0.259 e. The molecular weight excluding hydrogens is 344 g/mol. The minimum absolute atomic E-state index is 0.281. The van der Waals surface area contributed by atoms with E-state index in [2.05, 4.69) is 31.0 Å². The zero-order valence-corrected chi connectivity index (χ0v) is 16.8. The Morgan fingerprint density at radius 2 is 1.52 bits per heavy atom. The molecule has 1 amide bonds. The molecule has 0 saturated carbocycles. The van der Waals surface area contributed by atoms with E-state index in [0.29, 0.717) is 34.5 Å². The van der Waals surface area contributed by atoms with Gasteiger partial charge in [0, 0.05) is 36.1 Å². The molecule has 27 heavy (non-hydrogen) atoms. The number of methoxy groups -OCH3 is 3. The Hall–Kier alpha value is -2.89. The van der Waals surface area contributed by atoms with E-state index in [-0.39, 0.29) is 5.91 Å². The number of rotatable bonds is 8. The lowest BCUT2D eigenvalue weighted by molar-refractivity contribution is 0.102. The summed E-state index contributed by atoms with van der Waals surface area (Å²) in [7, 11) is 4.58. The van der Waals surface area contributed by atoms with Crippen LogP contribution in [0.3, 0.4) is 0 Å². The van der Waals surface area contributed by atoms with Crippen molar-refractivity contribution in [2.45, 2.75) is 26.8 Å². The summed E-state index contributed by atoms with van der Waals surface area (Å²) in [5.41, 5.74) is 2.20. The molecule has 6 heteroatoms. The summed E-state index contributed by atoms with van der Waals surface area (Å²) in [5, 5.41) is 2.90. The van der Waals surface area contributed by atoms with Crippen LogP contribution >= 0.6 is 0 Å². The maximum atomic E-state index is 12.7. The molecule has 0 heterocycles. The monoisotopic (exact) mass is 372 g/mol. The van der Waals surface area contributed by atoms with Gasteiger partial charge in [-0.05, 0) is 45.0 Å². The number of nitrogens with zero attached hydrogens (tertiary/aromatic N) is 1. The molecule has 0 unspecified atom stereocenters. The molecule has 0 aliphatic rings. The fourth-order valence-electron chi connectivity index (χ4n) is 2.99. The average Bonchev–Trinajstić information content (AvgIpc) is 2.68. The number of nitrogens with one attached hydrogen (secondary N) is 1. The zero-order chi connectivity index (χ0) is 20.0. The van der Waals surface area contributed by atoms with Crippen molar-refractivity contribution in [2.75, 3.05) is 38.1 Å². The fourth-order valence-corrected chi connectivity index (χ4v) is 2.99. The number of anilines is 2. The van der Waals surface area contributed by atoms with Gasteiger partial charge < -0.3 is 24.4 Å². The molecule has 0 aliphatic carbocycles. The van der Waals surface area contributed by atoms with Crippen LogP contribution in [0.2, 0.25) is 0 Å². The summed E-state index contributed by atoms with van der Waals surface area (Å²) in [6.45, 7) is 7.36. The molecule has 0 spiro atoms. The number of ether oxygens (including phenoxy) is 3. The van der Waals surface area contributed by atoms with Crippen molar-refractivity contribution in [1.82, 2.24) is 0 Å². The van der Waals surface area contributed by atoms with E-state index < -0.39 is 0 Å². The molecular formula is C21H28N2O4. The average molecular weight is 372 g/mol. The van der Waals surface area contributed by atoms with E-state index in [4.69, 9.17) is 14.2 Å². The summed E-state index contributed by atoms with van der Waals surface area (Å²) in [4.78, 5) is 15.0. The van der Waals surface area contributed by atoms with Crippen LogP contribution in [-0.4, -0.2) is 39.8 Å². The van der Waals surface area contributed by atoms with E-state index in [9.17, 15) is 4.79 Å². The predicted octanol–water partition coefficient (Wildman–Crippen LogP) is 4.20. The Morgan fingerprint density at radius 3 is 2.00 bits per heavy atom. The van der Waals surface area contributed by atoms with Crippen LogP contribution in [0.1, 0.15) is 31.1 Å². The fraction of sp³-hybridized carbons (Fsp3) is 0.381. The second kappa shape index (κ2) is 9.16. The van der Waals surface area contributed by atoms with Gasteiger partial charge in [-0.25, -0.2) is 0 Å². The van der Waals surface area contributed by atoms with Crippen LogP contribution in [-0.2, 0) is 0 Å². The lowest BCUT2D eigenvalue weighted by Crippen LogP contribution is -2.30. The molecule has 0 saturated heterocycles. The molecule has 2 aromatic rings. The third-order valence-corrected chi connectivity index (χ3v) is 4.37. The van der Waals surface area contributed by atoms with Crippen molar-refractivity contribution in [3.05, 3.63) is 42.0 Å². The highest BCUT2D eigenvalue weighted by Gasteiger charge is 2.18. The standard InChI is InChI=1S/C21H28N2O4/c1-7-23(14(2)3)16-10-8-15(9-11-16)22-21(24)17-12-19(26-5)20(27-6)13-18(17)25-4/h8-14H,7H2,1-6H3,(H,22,24). The summed E-state index contributed by atoms with van der Waals surface area (Å²) in [6.07, 6.45) is 0. The maximum absolute atomic E-state index is 12.7. The zero-order valence-electron chi connectivity index (χ0n) is 16.8. The van der Waals surface area contributed by atoms with E-state index >= 15 is 0 Å². The number of amides is 1. The van der Waals surface area contributed by atoms with E-state index in [1.54, 1.807) is 12.1 Å². The topological polar surface area (TPSA) is 60.0 Å². The van der Waals surface area contributed by atoms with Gasteiger partial charge in [0.05, 0.1) is 26.9 Å². The van der Waals surface area contributed by atoms with Gasteiger partial charge in [-0.1, -0.05) is 0 Å². The predicted molar refractivity (Wildman–Crippen MR) is 109 cm³/mol. The van der Waals surface area contributed by atoms with Gasteiger partial charge in [0.25, 0.3) is 5.91 Å². The number of benzene rings is 2. The number of hydrogen-bond donors (Lipinski definition) is 1. The van der Waals surface area contributed by atoms with Crippen LogP contribution in [0.25, 0.3) is 0 Å². The summed E-state index contributed by atoms with van der Waals surface area (Å²) in [6, 6.07) is 11.5. The molecule has 1 N–H and O–H groups in total. The van der Waals surface area contributed by atoms with Gasteiger partial charge in [-0.2, -0.15) is 0 Å². The quantitative estimate of drug-likeness (QED) is 0.752. The van der Waals surface area contributed by atoms with Crippen molar-refractivity contribution in [1.29, 1.82) is 0 Å². The van der Waals surface area contributed by atoms with Crippen molar-refractivity contribution < 1.29 is 19.0 Å². The molecule has 2 aromatic carbocycles. The van der Waals surface area contributed by atoms with Gasteiger partial charge in [-0.3, -0.25) is 4.79 Å². The van der Waals surface area contributed by atoms with Gasteiger partial charge in [0.1, 0.15) is 5.75 Å². The first-order chi connectivity index (χ1) is 12.9. The number of carbonyl (C=O) groups is 1. The lowest BCUT2D eigenvalue weighted by atomic mass is 10.1. The van der Waals surface area contributed by atoms with Gasteiger partial charge in [-0.15, -0.1) is 0 Å². The summed E-state index contributed by atoms with van der Waals surface area (Å²) in [5.74, 6) is 1.11. The lowest BCUT2D eigenvalue weighted by Gasteiger charge is -2.27. The highest BCUT2D eigenvalue weighted by atomic mass is 16.5. The Balaban J connectivity index is 2.24. The van der Waals surface area contributed by atoms with Crippen LogP contribution in [0, 0.1) is 0 Å². The number of carbonyl (C=O) groups excluding carboxylic acids is 1. The molecule has 2 rings (SSSR count). The second-order valence-corrected chi connectivity index (χ2v) is 6.29. The Kier molecular flexibility index (Phi) is 6.93. The van der Waals surface area contributed by atoms with Crippen molar-refractivity contribution in [3.63, 3.8) is 0 Å². The first-order valence-corrected chi connectivity index (χ1v) is 8.93. The highest BCUT2D eigenvalue weighted by molar-refractivity contribution is 6.06. The third-order valence-electron chi connectivity index (χ3n) is 4.37. The third kappa shape index (κ3) is 4.64. The van der Waals surface area contributed by atoms with Crippen LogP contribution in [0.15, 0.2) is 36.4 Å². The van der Waals surface area contributed by atoms with E-state index in [1.165, 1.54) is 21.3 Å². The Labute approximate surface area is 161 Å². The Bertz CT molecular complexity index is 772. The van der Waals surface area contributed by atoms with Crippen molar-refractivity contribution >= 4 is 17.3 Å². The SMILES string of the molecule is CCN(c1ccc(NC(=O)c2cc(OC)c(OC)cc2OC)cc1)C(C)C. The molecule has 0 aliphatic heterocycles. The highest BCUT2D eigenvalue weighted by Crippen LogP contribution is 2.35. The normalized spacial score (nSPS) is 10.5. The maximum Gasteiger partial charge on any atom is 0.259 e. The molecule has 146 valence electrons. The Morgan fingerprint density at radius 1 is 0.963 bits per heavy atom. The van der Waals surface area contributed by atoms with Gasteiger partial charge >= 0.3 is 0 Å². The molecule has 0 bridgehead atoms. The number of hydrogen-bond acceptors (Lipinski definition) is 5. The molecule has 0 fully saturated rings. The van der Waals surface area contributed by atoms with Crippen LogP contribution in [0.5, 0.6) is 17.2 Å². The largest absolute Gasteiger partial charge is 0.496 e. The van der Waals surface area contributed by atoms with E-state index in [0.717, 1.165) is 12.2 Å². The first-order valence-electron chi connectivity index (χ1n) is 8.93. The minimum atomic E-state index is -0.281. The summed E-state index contributed by atoms with van der Waals surface area (Å²) >= 11 is 0. The van der Waals surface area contributed by atoms with Crippen molar-refractivity contribution in [3.8, 4) is 17.2 Å². The second-order valence-electron chi connectivity index (χ2n) is 6.29. The van der Waals surface area contributed by atoms with Crippen LogP contribution in [0.4, 0.5) is 11.4 Å². The molecule has 6 nitrogen and oxygen atoms in total. The summed E-state index contributed by atoms with van der Waals surface area (Å²) < 4.78 is 15.9. The molecule has 0 aromatic heterocycles. The minimum Gasteiger partial charge on any atom is -0.496 e. The van der Waals surface area contributed by atoms with Crippen LogP contribution < -0.4 is 24.4 Å². The van der Waals surface area contributed by atoms with Gasteiger partial charge in [0.2, 0.25) is 0 Å².